The molecule has 1 aliphatic heterocycles. The summed E-state index contributed by atoms with van der Waals surface area (Å²) in [5, 5.41) is 9.07. The van der Waals surface area contributed by atoms with Crippen molar-refractivity contribution in [3.8, 4) is 0 Å². The summed E-state index contributed by atoms with van der Waals surface area (Å²) in [7, 11) is 0. The quantitative estimate of drug-likeness (QED) is 0.878. The number of pyridine rings is 1. The number of aliphatic carboxylic acids is 1. The first-order chi connectivity index (χ1) is 8.99. The lowest BCUT2D eigenvalue weighted by molar-refractivity contribution is -0.145. The Bertz CT molecular complexity index is 501. The maximum atomic E-state index is 12.3. The Morgan fingerprint density at radius 1 is 1.42 bits per heavy atom. The molecule has 1 fully saturated rings. The van der Waals surface area contributed by atoms with E-state index < -0.39 is 5.97 Å². The fourth-order valence-corrected chi connectivity index (χ4v) is 2.52. The Morgan fingerprint density at radius 2 is 2.16 bits per heavy atom. The number of carboxylic acids is 1. The van der Waals surface area contributed by atoms with E-state index in [1.807, 2.05) is 26.0 Å². The number of likely N-dealkylation sites (tertiary alicyclic amines) is 1. The number of amides is 1. The Morgan fingerprint density at radius 3 is 2.74 bits per heavy atom. The number of piperidine rings is 1. The molecule has 0 saturated carbocycles. The summed E-state index contributed by atoms with van der Waals surface area (Å²) in [6.07, 6.45) is 0.508. The van der Waals surface area contributed by atoms with Crippen molar-refractivity contribution in [3.63, 3.8) is 0 Å². The Labute approximate surface area is 112 Å². The van der Waals surface area contributed by atoms with E-state index in [4.69, 9.17) is 5.11 Å². The fraction of sp³-hybridized carbons (Fsp3) is 0.500. The van der Waals surface area contributed by atoms with Crippen LogP contribution in [0.5, 0.6) is 0 Å². The lowest BCUT2D eigenvalue weighted by atomic mass is 9.87. The van der Waals surface area contributed by atoms with Crippen LogP contribution in [0.25, 0.3) is 0 Å². The van der Waals surface area contributed by atoms with Crippen LogP contribution in [0, 0.1) is 18.8 Å². The van der Waals surface area contributed by atoms with Crippen molar-refractivity contribution in [2.24, 2.45) is 11.8 Å². The molecule has 2 atom stereocenters. The number of hydrogen-bond donors (Lipinski definition) is 1. The van der Waals surface area contributed by atoms with E-state index in [1.165, 1.54) is 0 Å². The van der Waals surface area contributed by atoms with E-state index in [-0.39, 0.29) is 17.7 Å². The number of hydrogen-bond acceptors (Lipinski definition) is 3. The maximum Gasteiger partial charge on any atom is 0.306 e. The van der Waals surface area contributed by atoms with Crippen LogP contribution in [-0.2, 0) is 4.79 Å². The molecule has 5 heteroatoms. The van der Waals surface area contributed by atoms with E-state index in [9.17, 15) is 9.59 Å². The summed E-state index contributed by atoms with van der Waals surface area (Å²) in [6, 6.07) is 5.35. The van der Waals surface area contributed by atoms with Gasteiger partial charge in [-0.2, -0.15) is 0 Å². The number of aryl methyl sites for hydroxylation is 1. The van der Waals surface area contributed by atoms with Crippen LogP contribution in [-0.4, -0.2) is 40.0 Å². The fourth-order valence-electron chi connectivity index (χ4n) is 2.52. The monoisotopic (exact) mass is 262 g/mol. The van der Waals surface area contributed by atoms with Crippen molar-refractivity contribution >= 4 is 11.9 Å². The van der Waals surface area contributed by atoms with Crippen LogP contribution in [0.4, 0.5) is 0 Å². The van der Waals surface area contributed by atoms with Crippen LogP contribution >= 0.6 is 0 Å². The standard InChI is InChI=1S/C14H18N2O3/c1-9-8-16(7-6-11(9)14(18)19)13(17)12-5-3-4-10(2)15-12/h3-5,9,11H,6-8H2,1-2H3,(H,18,19)/t9-,11+/m1/s1. The highest BCUT2D eigenvalue weighted by Crippen LogP contribution is 2.24. The smallest absolute Gasteiger partial charge is 0.306 e. The zero-order valence-corrected chi connectivity index (χ0v) is 11.2. The molecule has 19 heavy (non-hydrogen) atoms. The zero-order valence-electron chi connectivity index (χ0n) is 11.2. The van der Waals surface area contributed by atoms with Crippen molar-refractivity contribution in [2.75, 3.05) is 13.1 Å². The molecule has 1 aliphatic rings. The second-order valence-electron chi connectivity index (χ2n) is 5.13. The first kappa shape index (κ1) is 13.5. The molecule has 0 aromatic carbocycles. The predicted molar refractivity (Wildman–Crippen MR) is 69.8 cm³/mol. The van der Waals surface area contributed by atoms with Gasteiger partial charge in [0.05, 0.1) is 5.92 Å². The third-order valence-corrected chi connectivity index (χ3v) is 3.62. The second kappa shape index (κ2) is 5.38. The molecule has 2 rings (SSSR count). The highest BCUT2D eigenvalue weighted by Gasteiger charge is 2.33. The first-order valence-electron chi connectivity index (χ1n) is 6.45. The van der Waals surface area contributed by atoms with Crippen molar-refractivity contribution in [1.82, 2.24) is 9.88 Å². The van der Waals surface area contributed by atoms with E-state index in [0.717, 1.165) is 5.69 Å². The number of aromatic nitrogens is 1. The summed E-state index contributed by atoms with van der Waals surface area (Å²) in [5.41, 5.74) is 1.24. The second-order valence-corrected chi connectivity index (χ2v) is 5.13. The van der Waals surface area contributed by atoms with Gasteiger partial charge in [0.15, 0.2) is 0 Å². The summed E-state index contributed by atoms with van der Waals surface area (Å²) in [4.78, 5) is 29.3. The van der Waals surface area contributed by atoms with Gasteiger partial charge < -0.3 is 10.0 Å². The van der Waals surface area contributed by atoms with Crippen LogP contribution in [0.15, 0.2) is 18.2 Å². The van der Waals surface area contributed by atoms with Crippen LogP contribution in [0.2, 0.25) is 0 Å². The predicted octanol–water partition coefficient (Wildman–Crippen LogP) is 1.57. The topological polar surface area (TPSA) is 70.5 Å². The van der Waals surface area contributed by atoms with E-state index in [0.29, 0.717) is 25.2 Å². The molecule has 1 aromatic rings. The highest BCUT2D eigenvalue weighted by molar-refractivity contribution is 5.92. The molecule has 0 radical (unpaired) electrons. The van der Waals surface area contributed by atoms with E-state index in [2.05, 4.69) is 4.98 Å². The molecule has 1 amide bonds. The zero-order chi connectivity index (χ0) is 14.0. The summed E-state index contributed by atoms with van der Waals surface area (Å²) >= 11 is 0. The number of nitrogens with zero attached hydrogens (tertiary/aromatic N) is 2. The van der Waals surface area contributed by atoms with Crippen molar-refractivity contribution in [1.29, 1.82) is 0 Å². The van der Waals surface area contributed by atoms with Gasteiger partial charge in [0.25, 0.3) is 5.91 Å². The van der Waals surface area contributed by atoms with Gasteiger partial charge in [-0.3, -0.25) is 9.59 Å². The van der Waals surface area contributed by atoms with E-state index >= 15 is 0 Å². The lowest BCUT2D eigenvalue weighted by Gasteiger charge is -2.34. The summed E-state index contributed by atoms with van der Waals surface area (Å²) in [5.74, 6) is -1.26. The first-order valence-corrected chi connectivity index (χ1v) is 6.45. The van der Waals surface area contributed by atoms with Crippen LogP contribution in [0.1, 0.15) is 29.5 Å². The van der Waals surface area contributed by atoms with Gasteiger partial charge in [-0.15, -0.1) is 0 Å². The van der Waals surface area contributed by atoms with Gasteiger partial charge in [0.2, 0.25) is 0 Å². The van der Waals surface area contributed by atoms with Gasteiger partial charge in [0, 0.05) is 18.8 Å². The Hall–Kier alpha value is -1.91. The van der Waals surface area contributed by atoms with Crippen molar-refractivity contribution in [2.45, 2.75) is 20.3 Å². The molecule has 0 spiro atoms. The molecule has 1 N–H and O–H groups in total. The Balaban J connectivity index is 2.08. The molecule has 1 aromatic heterocycles. The molecule has 1 saturated heterocycles. The molecular weight excluding hydrogens is 244 g/mol. The average Bonchev–Trinajstić information content (AvgIpc) is 2.37. The van der Waals surface area contributed by atoms with Crippen LogP contribution in [0.3, 0.4) is 0 Å². The molecule has 102 valence electrons. The minimum absolute atomic E-state index is 0.0278. The molecule has 0 bridgehead atoms. The summed E-state index contributed by atoms with van der Waals surface area (Å²) in [6.45, 7) is 4.68. The maximum absolute atomic E-state index is 12.3. The van der Waals surface area contributed by atoms with Crippen molar-refractivity contribution in [3.05, 3.63) is 29.6 Å². The SMILES string of the molecule is Cc1cccc(C(=O)N2CC[C@H](C(=O)O)[C@H](C)C2)n1. The van der Waals surface area contributed by atoms with Gasteiger partial charge in [-0.25, -0.2) is 4.98 Å². The summed E-state index contributed by atoms with van der Waals surface area (Å²) < 4.78 is 0. The molecular formula is C14H18N2O3. The van der Waals surface area contributed by atoms with Crippen molar-refractivity contribution < 1.29 is 14.7 Å². The highest BCUT2D eigenvalue weighted by atomic mass is 16.4. The molecule has 2 heterocycles. The molecule has 0 unspecified atom stereocenters. The largest absolute Gasteiger partial charge is 0.481 e. The minimum Gasteiger partial charge on any atom is -0.481 e. The lowest BCUT2D eigenvalue weighted by Crippen LogP contribution is -2.45. The minimum atomic E-state index is -0.770. The third-order valence-electron chi connectivity index (χ3n) is 3.62. The van der Waals surface area contributed by atoms with Crippen LogP contribution < -0.4 is 0 Å². The van der Waals surface area contributed by atoms with Gasteiger partial charge in [-0.05, 0) is 31.4 Å². The molecule has 0 aliphatic carbocycles. The van der Waals surface area contributed by atoms with E-state index in [1.54, 1.807) is 11.0 Å². The molecule has 5 nitrogen and oxygen atoms in total. The third kappa shape index (κ3) is 2.92. The van der Waals surface area contributed by atoms with Gasteiger partial charge >= 0.3 is 5.97 Å². The number of carbonyl (C=O) groups excluding carboxylic acids is 1. The normalized spacial score (nSPS) is 23.2. The average molecular weight is 262 g/mol. The number of rotatable bonds is 2. The number of carboxylic acid groups (broad SMARTS) is 1. The Kier molecular flexibility index (Phi) is 3.83. The van der Waals surface area contributed by atoms with Gasteiger partial charge in [-0.1, -0.05) is 13.0 Å². The van der Waals surface area contributed by atoms with Gasteiger partial charge in [0.1, 0.15) is 5.69 Å². The number of carbonyl (C=O) groups is 2.